The topological polar surface area (TPSA) is 82.7 Å². The van der Waals surface area contributed by atoms with Gasteiger partial charge in [-0.2, -0.15) is 15.4 Å². The first-order chi connectivity index (χ1) is 6.86. The molecule has 1 aromatic rings. The monoisotopic (exact) mass is 195 g/mol. The first-order valence-corrected chi connectivity index (χ1v) is 4.73. The van der Waals surface area contributed by atoms with Crippen LogP contribution in [0.4, 0.5) is 0 Å². The van der Waals surface area contributed by atoms with Gasteiger partial charge in [-0.15, -0.1) is 0 Å². The normalized spacial score (nSPS) is 21.9. The maximum absolute atomic E-state index is 11.5. The Labute approximate surface area is 81.5 Å². The van der Waals surface area contributed by atoms with Gasteiger partial charge < -0.3 is 10.6 Å². The zero-order valence-electron chi connectivity index (χ0n) is 7.79. The highest BCUT2D eigenvalue weighted by Crippen LogP contribution is 2.02. The van der Waals surface area contributed by atoms with Crippen molar-refractivity contribution in [3.05, 3.63) is 11.9 Å². The lowest BCUT2D eigenvalue weighted by Gasteiger charge is -2.23. The van der Waals surface area contributed by atoms with E-state index in [9.17, 15) is 4.79 Å². The van der Waals surface area contributed by atoms with Gasteiger partial charge in [-0.25, -0.2) is 0 Å². The lowest BCUT2D eigenvalue weighted by Crippen LogP contribution is -2.45. The van der Waals surface area contributed by atoms with Crippen LogP contribution >= 0.6 is 0 Å². The van der Waals surface area contributed by atoms with Crippen molar-refractivity contribution < 1.29 is 4.79 Å². The number of H-pyrrole nitrogens is 1. The van der Waals surface area contributed by atoms with Crippen LogP contribution in [0.5, 0.6) is 0 Å². The smallest absolute Gasteiger partial charge is 0.273 e. The molecule has 0 saturated carbocycles. The van der Waals surface area contributed by atoms with E-state index in [4.69, 9.17) is 0 Å². The number of carbonyl (C=O) groups excluding carboxylic acids is 1. The fraction of sp³-hybridized carbons (Fsp3) is 0.625. The summed E-state index contributed by atoms with van der Waals surface area (Å²) >= 11 is 0. The van der Waals surface area contributed by atoms with Gasteiger partial charge in [0.2, 0.25) is 0 Å². The molecule has 0 bridgehead atoms. The Morgan fingerprint density at radius 1 is 1.64 bits per heavy atom. The van der Waals surface area contributed by atoms with Gasteiger partial charge in [0.05, 0.1) is 6.20 Å². The molecule has 6 nitrogen and oxygen atoms in total. The molecule has 1 aliphatic heterocycles. The third-order valence-corrected chi connectivity index (χ3v) is 2.28. The minimum absolute atomic E-state index is 0.160. The predicted octanol–water partition coefficient (Wildman–Crippen LogP) is -0.713. The molecule has 1 saturated heterocycles. The first kappa shape index (κ1) is 9.14. The molecular formula is C8H13N5O. The Balaban J connectivity index is 1.87. The molecule has 0 radical (unpaired) electrons. The molecule has 6 heteroatoms. The second-order valence-electron chi connectivity index (χ2n) is 3.37. The first-order valence-electron chi connectivity index (χ1n) is 4.73. The van der Waals surface area contributed by atoms with Gasteiger partial charge in [-0.3, -0.25) is 4.79 Å². The van der Waals surface area contributed by atoms with Crippen molar-refractivity contribution in [2.24, 2.45) is 0 Å². The molecule has 2 heterocycles. The predicted molar refractivity (Wildman–Crippen MR) is 49.7 cm³/mol. The highest BCUT2D eigenvalue weighted by Gasteiger charge is 2.17. The van der Waals surface area contributed by atoms with E-state index in [2.05, 4.69) is 26.0 Å². The molecule has 14 heavy (non-hydrogen) atoms. The molecule has 2 rings (SSSR count). The molecule has 0 aromatic carbocycles. The van der Waals surface area contributed by atoms with Crippen molar-refractivity contribution in [1.82, 2.24) is 26.0 Å². The van der Waals surface area contributed by atoms with Gasteiger partial charge in [0.25, 0.3) is 5.91 Å². The largest absolute Gasteiger partial charge is 0.347 e. The molecule has 76 valence electrons. The van der Waals surface area contributed by atoms with E-state index in [1.54, 1.807) is 0 Å². The van der Waals surface area contributed by atoms with Crippen LogP contribution in [0.1, 0.15) is 23.3 Å². The van der Waals surface area contributed by atoms with Crippen LogP contribution in [-0.4, -0.2) is 40.4 Å². The van der Waals surface area contributed by atoms with Gasteiger partial charge in [-0.05, 0) is 19.4 Å². The Morgan fingerprint density at radius 3 is 3.21 bits per heavy atom. The molecule has 3 N–H and O–H groups in total. The standard InChI is InChI=1S/C8H13N5O/c14-8(7-5-10-13-12-7)11-6-2-1-3-9-4-6/h5-6,9H,1-4H2,(H,11,14)(H,10,12,13)/t6-/m1/s1. The second kappa shape index (κ2) is 4.19. The Morgan fingerprint density at radius 2 is 2.57 bits per heavy atom. The second-order valence-corrected chi connectivity index (χ2v) is 3.37. The molecular weight excluding hydrogens is 182 g/mol. The minimum Gasteiger partial charge on any atom is -0.347 e. The summed E-state index contributed by atoms with van der Waals surface area (Å²) in [7, 11) is 0. The van der Waals surface area contributed by atoms with Crippen molar-refractivity contribution >= 4 is 5.91 Å². The van der Waals surface area contributed by atoms with Crippen LogP contribution in [0.25, 0.3) is 0 Å². The van der Waals surface area contributed by atoms with E-state index in [1.165, 1.54) is 6.20 Å². The van der Waals surface area contributed by atoms with Crippen LogP contribution in [0.15, 0.2) is 6.20 Å². The van der Waals surface area contributed by atoms with Crippen molar-refractivity contribution in [1.29, 1.82) is 0 Å². The van der Waals surface area contributed by atoms with E-state index < -0.39 is 0 Å². The number of carbonyl (C=O) groups is 1. The van der Waals surface area contributed by atoms with Gasteiger partial charge in [0.1, 0.15) is 0 Å². The Kier molecular flexibility index (Phi) is 2.73. The van der Waals surface area contributed by atoms with E-state index in [0.717, 1.165) is 25.9 Å². The van der Waals surface area contributed by atoms with Gasteiger partial charge in [-0.1, -0.05) is 0 Å². The van der Waals surface area contributed by atoms with Crippen LogP contribution < -0.4 is 10.6 Å². The van der Waals surface area contributed by atoms with Crippen molar-refractivity contribution in [2.75, 3.05) is 13.1 Å². The minimum atomic E-state index is -0.160. The number of amides is 1. The van der Waals surface area contributed by atoms with Crippen LogP contribution in [0.2, 0.25) is 0 Å². The molecule has 1 amide bonds. The van der Waals surface area contributed by atoms with Gasteiger partial charge in [0, 0.05) is 12.6 Å². The van der Waals surface area contributed by atoms with Gasteiger partial charge >= 0.3 is 0 Å². The van der Waals surface area contributed by atoms with Crippen molar-refractivity contribution in [3.63, 3.8) is 0 Å². The summed E-state index contributed by atoms with van der Waals surface area (Å²) in [6.07, 6.45) is 3.55. The molecule has 0 aliphatic carbocycles. The number of nitrogens with zero attached hydrogens (tertiary/aromatic N) is 2. The molecule has 0 spiro atoms. The summed E-state index contributed by atoms with van der Waals surface area (Å²) in [5.74, 6) is -0.160. The maximum atomic E-state index is 11.5. The average Bonchev–Trinajstić information content (AvgIpc) is 2.72. The summed E-state index contributed by atoms with van der Waals surface area (Å²) in [5, 5.41) is 15.8. The highest BCUT2D eigenvalue weighted by atomic mass is 16.2. The third-order valence-electron chi connectivity index (χ3n) is 2.28. The SMILES string of the molecule is O=C(N[C@@H]1CCCNC1)c1cn[nH]n1. The molecule has 1 fully saturated rings. The Hall–Kier alpha value is -1.43. The number of piperidine rings is 1. The fourth-order valence-electron chi connectivity index (χ4n) is 1.55. The summed E-state index contributed by atoms with van der Waals surface area (Å²) in [4.78, 5) is 11.5. The number of rotatable bonds is 2. The molecule has 1 aromatic heterocycles. The van der Waals surface area contributed by atoms with Crippen LogP contribution in [0, 0.1) is 0 Å². The van der Waals surface area contributed by atoms with Crippen molar-refractivity contribution in [3.8, 4) is 0 Å². The van der Waals surface area contributed by atoms with E-state index >= 15 is 0 Å². The number of aromatic amines is 1. The lowest BCUT2D eigenvalue weighted by molar-refractivity contribution is 0.0925. The number of nitrogens with one attached hydrogen (secondary N) is 3. The number of aromatic nitrogens is 3. The van der Waals surface area contributed by atoms with E-state index in [1.807, 2.05) is 0 Å². The van der Waals surface area contributed by atoms with E-state index in [-0.39, 0.29) is 11.9 Å². The van der Waals surface area contributed by atoms with Crippen molar-refractivity contribution in [2.45, 2.75) is 18.9 Å². The molecule has 0 unspecified atom stereocenters. The lowest BCUT2D eigenvalue weighted by atomic mass is 10.1. The number of hydrogen-bond donors (Lipinski definition) is 3. The Bertz CT molecular complexity index is 291. The van der Waals surface area contributed by atoms with Crippen LogP contribution in [0.3, 0.4) is 0 Å². The fourth-order valence-corrected chi connectivity index (χ4v) is 1.55. The summed E-state index contributed by atoms with van der Waals surface area (Å²) in [6, 6.07) is 0.216. The summed E-state index contributed by atoms with van der Waals surface area (Å²) in [5.41, 5.74) is 0.343. The molecule has 1 aliphatic rings. The maximum Gasteiger partial charge on any atom is 0.273 e. The summed E-state index contributed by atoms with van der Waals surface area (Å²) in [6.45, 7) is 1.87. The third kappa shape index (κ3) is 2.08. The zero-order chi connectivity index (χ0) is 9.80. The highest BCUT2D eigenvalue weighted by molar-refractivity contribution is 5.92. The van der Waals surface area contributed by atoms with E-state index in [0.29, 0.717) is 5.69 Å². The molecule has 1 atom stereocenters. The number of hydrogen-bond acceptors (Lipinski definition) is 4. The quantitative estimate of drug-likeness (QED) is 0.582. The van der Waals surface area contributed by atoms with Crippen LogP contribution in [-0.2, 0) is 0 Å². The van der Waals surface area contributed by atoms with Gasteiger partial charge in [0.15, 0.2) is 5.69 Å². The zero-order valence-corrected chi connectivity index (χ0v) is 7.79. The summed E-state index contributed by atoms with van der Waals surface area (Å²) < 4.78 is 0. The average molecular weight is 195 g/mol.